The van der Waals surface area contributed by atoms with Gasteiger partial charge in [-0.3, -0.25) is 25.8 Å². The van der Waals surface area contributed by atoms with Gasteiger partial charge in [0.25, 0.3) is 5.69 Å². The fourth-order valence-electron chi connectivity index (χ4n) is 0.991. The lowest BCUT2D eigenvalue weighted by molar-refractivity contribution is -0.385. The number of nitrogens with zero attached hydrogens (tertiary/aromatic N) is 2. The predicted molar refractivity (Wildman–Crippen MR) is 57.6 cm³/mol. The topological polar surface area (TPSA) is 97.2 Å². The highest BCUT2D eigenvalue weighted by Crippen LogP contribution is 2.10. The number of hydrazine groups is 1. The van der Waals surface area contributed by atoms with Crippen LogP contribution in [0, 0.1) is 10.1 Å². The second-order valence-corrected chi connectivity index (χ2v) is 3.08. The van der Waals surface area contributed by atoms with Gasteiger partial charge in [-0.25, -0.2) is 4.98 Å². The molecule has 0 saturated heterocycles. The maximum Gasteiger partial charge on any atom is 0.287 e. The van der Waals surface area contributed by atoms with E-state index in [9.17, 15) is 14.9 Å². The first kappa shape index (κ1) is 11.9. The van der Waals surface area contributed by atoms with Gasteiger partial charge < -0.3 is 0 Å². The van der Waals surface area contributed by atoms with Gasteiger partial charge in [0, 0.05) is 12.5 Å². The van der Waals surface area contributed by atoms with Crippen molar-refractivity contribution in [1.82, 2.24) is 10.4 Å². The Bertz CT molecular complexity index is 377. The molecular weight excluding hydrogens is 212 g/mol. The van der Waals surface area contributed by atoms with Gasteiger partial charge in [-0.05, 0) is 12.5 Å². The van der Waals surface area contributed by atoms with Crippen LogP contribution in [0.25, 0.3) is 0 Å². The molecule has 1 aromatic rings. The average molecular weight is 224 g/mol. The lowest BCUT2D eigenvalue weighted by atomic mass is 10.3. The molecule has 0 fully saturated rings. The van der Waals surface area contributed by atoms with Crippen LogP contribution >= 0.6 is 0 Å². The van der Waals surface area contributed by atoms with Crippen LogP contribution < -0.4 is 10.9 Å². The van der Waals surface area contributed by atoms with Crippen LogP contribution in [-0.2, 0) is 4.79 Å². The van der Waals surface area contributed by atoms with Crippen molar-refractivity contribution in [3.05, 3.63) is 28.4 Å². The fourth-order valence-corrected chi connectivity index (χ4v) is 0.991. The fraction of sp³-hybridized carbons (Fsp3) is 0.333. The van der Waals surface area contributed by atoms with Gasteiger partial charge in [0.1, 0.15) is 12.0 Å². The number of rotatable bonds is 5. The minimum absolute atomic E-state index is 0.0922. The summed E-state index contributed by atoms with van der Waals surface area (Å²) in [5.41, 5.74) is 4.90. The zero-order chi connectivity index (χ0) is 12.0. The molecule has 0 bridgehead atoms. The van der Waals surface area contributed by atoms with E-state index in [0.29, 0.717) is 12.2 Å². The summed E-state index contributed by atoms with van der Waals surface area (Å²) in [6.45, 7) is 1.89. The van der Waals surface area contributed by atoms with Crippen molar-refractivity contribution in [3.63, 3.8) is 0 Å². The van der Waals surface area contributed by atoms with E-state index in [2.05, 4.69) is 15.8 Å². The van der Waals surface area contributed by atoms with E-state index in [1.807, 2.05) is 6.92 Å². The molecule has 7 nitrogen and oxygen atoms in total. The average Bonchev–Trinajstić information content (AvgIpc) is 2.27. The molecule has 0 aliphatic rings. The number of hydrogen-bond acceptors (Lipinski definition) is 5. The number of amides is 1. The number of anilines is 1. The van der Waals surface area contributed by atoms with Crippen molar-refractivity contribution in [2.75, 3.05) is 5.43 Å². The third-order valence-corrected chi connectivity index (χ3v) is 1.77. The van der Waals surface area contributed by atoms with E-state index in [-0.39, 0.29) is 11.6 Å². The number of carbonyl (C=O) groups is 1. The highest BCUT2D eigenvalue weighted by atomic mass is 16.6. The van der Waals surface area contributed by atoms with Crippen molar-refractivity contribution in [3.8, 4) is 0 Å². The number of aromatic nitrogens is 1. The first-order valence-corrected chi connectivity index (χ1v) is 4.78. The highest BCUT2D eigenvalue weighted by Gasteiger charge is 2.05. The molecule has 1 aromatic heterocycles. The van der Waals surface area contributed by atoms with Gasteiger partial charge in [-0.2, -0.15) is 0 Å². The quantitative estimate of drug-likeness (QED) is 0.579. The summed E-state index contributed by atoms with van der Waals surface area (Å²) in [7, 11) is 0. The predicted octanol–water partition coefficient (Wildman–Crippen LogP) is 1.23. The van der Waals surface area contributed by atoms with Crippen molar-refractivity contribution in [1.29, 1.82) is 0 Å². The summed E-state index contributed by atoms with van der Waals surface area (Å²) >= 11 is 0. The van der Waals surface area contributed by atoms with E-state index in [4.69, 9.17) is 0 Å². The van der Waals surface area contributed by atoms with Crippen molar-refractivity contribution in [2.24, 2.45) is 0 Å². The van der Waals surface area contributed by atoms with E-state index in [1.54, 1.807) is 0 Å². The molecule has 86 valence electrons. The van der Waals surface area contributed by atoms with Gasteiger partial charge in [-0.1, -0.05) is 6.92 Å². The number of hydrogen-bond donors (Lipinski definition) is 2. The Hall–Kier alpha value is -2.18. The summed E-state index contributed by atoms with van der Waals surface area (Å²) < 4.78 is 0. The molecule has 7 heteroatoms. The summed E-state index contributed by atoms with van der Waals surface area (Å²) in [4.78, 5) is 24.7. The molecule has 16 heavy (non-hydrogen) atoms. The molecular formula is C9H12N4O3. The Morgan fingerprint density at radius 1 is 1.56 bits per heavy atom. The number of pyridine rings is 1. The summed E-state index contributed by atoms with van der Waals surface area (Å²) in [6, 6.07) is 2.73. The molecule has 0 aromatic carbocycles. The smallest absolute Gasteiger partial charge is 0.282 e. The lowest BCUT2D eigenvalue weighted by Crippen LogP contribution is -2.29. The van der Waals surface area contributed by atoms with Crippen LogP contribution in [0.3, 0.4) is 0 Å². The van der Waals surface area contributed by atoms with Gasteiger partial charge in [0.15, 0.2) is 0 Å². The van der Waals surface area contributed by atoms with Crippen molar-refractivity contribution in [2.45, 2.75) is 19.8 Å². The molecule has 0 unspecified atom stereocenters. The summed E-state index contributed by atoms with van der Waals surface area (Å²) in [5.74, 6) is 0.206. The molecule has 0 saturated carbocycles. The Kier molecular flexibility index (Phi) is 4.19. The van der Waals surface area contributed by atoms with Crippen LogP contribution in [-0.4, -0.2) is 15.8 Å². The second-order valence-electron chi connectivity index (χ2n) is 3.08. The van der Waals surface area contributed by atoms with Crippen molar-refractivity contribution < 1.29 is 9.72 Å². The van der Waals surface area contributed by atoms with Gasteiger partial charge >= 0.3 is 0 Å². The molecule has 0 radical (unpaired) electrons. The van der Waals surface area contributed by atoms with E-state index < -0.39 is 4.92 Å². The zero-order valence-electron chi connectivity index (χ0n) is 8.77. The van der Waals surface area contributed by atoms with E-state index >= 15 is 0 Å². The second kappa shape index (κ2) is 5.64. The Balaban J connectivity index is 2.49. The third-order valence-electron chi connectivity index (χ3n) is 1.77. The maximum absolute atomic E-state index is 11.1. The van der Waals surface area contributed by atoms with Crippen LogP contribution in [0.2, 0.25) is 0 Å². The minimum atomic E-state index is -0.535. The summed E-state index contributed by atoms with van der Waals surface area (Å²) in [5, 5.41) is 10.3. The zero-order valence-corrected chi connectivity index (χ0v) is 8.77. The maximum atomic E-state index is 11.1. The standard InChI is InChI=1S/C9H12N4O3/c1-2-3-9(14)12-11-8-5-4-7(6-10-8)13(15)16/h4-6H,2-3H2,1H3,(H,10,11)(H,12,14). The van der Waals surface area contributed by atoms with Crippen LogP contribution in [0.5, 0.6) is 0 Å². The normalized spacial score (nSPS) is 9.56. The molecule has 1 heterocycles. The van der Waals surface area contributed by atoms with E-state index in [1.165, 1.54) is 12.1 Å². The highest BCUT2D eigenvalue weighted by molar-refractivity contribution is 5.77. The summed E-state index contributed by atoms with van der Waals surface area (Å²) in [6.07, 6.45) is 2.29. The number of nitrogens with one attached hydrogen (secondary N) is 2. The molecule has 0 aliphatic carbocycles. The number of carbonyl (C=O) groups excluding carboxylic acids is 1. The first-order chi connectivity index (χ1) is 7.63. The van der Waals surface area contributed by atoms with Crippen molar-refractivity contribution >= 4 is 17.4 Å². The molecule has 1 rings (SSSR count). The molecule has 0 atom stereocenters. The molecule has 0 spiro atoms. The molecule has 0 aliphatic heterocycles. The lowest BCUT2D eigenvalue weighted by Gasteiger charge is -2.06. The monoisotopic (exact) mass is 224 g/mol. The molecule has 2 N–H and O–H groups in total. The third kappa shape index (κ3) is 3.52. The van der Waals surface area contributed by atoms with E-state index in [0.717, 1.165) is 12.6 Å². The Morgan fingerprint density at radius 3 is 2.81 bits per heavy atom. The minimum Gasteiger partial charge on any atom is -0.282 e. The van der Waals surface area contributed by atoms with Crippen LogP contribution in [0.15, 0.2) is 18.3 Å². The van der Waals surface area contributed by atoms with Gasteiger partial charge in [0.2, 0.25) is 5.91 Å². The Labute approximate surface area is 92.0 Å². The van der Waals surface area contributed by atoms with Crippen LogP contribution in [0.4, 0.5) is 11.5 Å². The SMILES string of the molecule is CCCC(=O)NNc1ccc([N+](=O)[O-])cn1. The number of nitro groups is 1. The first-order valence-electron chi connectivity index (χ1n) is 4.78. The molecule has 1 amide bonds. The van der Waals surface area contributed by atoms with Gasteiger partial charge in [0.05, 0.1) is 4.92 Å². The van der Waals surface area contributed by atoms with Gasteiger partial charge in [-0.15, -0.1) is 0 Å². The Morgan fingerprint density at radius 2 is 2.31 bits per heavy atom. The largest absolute Gasteiger partial charge is 0.287 e. The van der Waals surface area contributed by atoms with Crippen LogP contribution in [0.1, 0.15) is 19.8 Å².